The van der Waals surface area contributed by atoms with Gasteiger partial charge in [-0.05, 0) is 73.2 Å². The van der Waals surface area contributed by atoms with E-state index in [-0.39, 0.29) is 6.04 Å². The van der Waals surface area contributed by atoms with Gasteiger partial charge in [-0.15, -0.1) is 6.58 Å². The highest BCUT2D eigenvalue weighted by atomic mass is 35.5. The summed E-state index contributed by atoms with van der Waals surface area (Å²) >= 11 is 6.08. The van der Waals surface area contributed by atoms with E-state index in [1.807, 2.05) is 48.5 Å². The molecule has 1 N–H and O–H groups in total. The van der Waals surface area contributed by atoms with Crippen LogP contribution >= 0.6 is 11.6 Å². The van der Waals surface area contributed by atoms with E-state index in [4.69, 9.17) is 21.3 Å². The topological polar surface area (TPSA) is 45.6 Å². The summed E-state index contributed by atoms with van der Waals surface area (Å²) in [6.07, 6.45) is 3.66. The van der Waals surface area contributed by atoms with Crippen molar-refractivity contribution in [2.75, 3.05) is 20.2 Å². The molecule has 4 heterocycles. The summed E-state index contributed by atoms with van der Waals surface area (Å²) in [6.45, 7) is 6.04. The van der Waals surface area contributed by atoms with Crippen LogP contribution in [0, 0.1) is 11.8 Å². The molecule has 6 rings (SSSR count). The summed E-state index contributed by atoms with van der Waals surface area (Å²) in [5, 5.41) is 13.3. The van der Waals surface area contributed by atoms with Crippen LogP contribution < -0.4 is 4.74 Å². The Morgan fingerprint density at radius 3 is 2.71 bits per heavy atom. The van der Waals surface area contributed by atoms with E-state index in [1.54, 1.807) is 7.11 Å². The van der Waals surface area contributed by atoms with E-state index >= 15 is 0 Å². The van der Waals surface area contributed by atoms with Gasteiger partial charge in [-0.2, -0.15) is 0 Å². The fraction of sp³-hybridized carbons (Fsp3) is 0.346. The maximum absolute atomic E-state index is 11.6. The molecule has 2 aromatic carbocycles. The minimum Gasteiger partial charge on any atom is -0.497 e. The van der Waals surface area contributed by atoms with Crippen LogP contribution in [0.2, 0.25) is 5.02 Å². The fourth-order valence-corrected chi connectivity index (χ4v) is 5.41. The zero-order valence-electron chi connectivity index (χ0n) is 17.7. The molecule has 3 saturated heterocycles. The Labute approximate surface area is 188 Å². The standard InChI is InChI=1S/C26H27ClN2O2/c1-3-16-15-29-11-10-18(16)12-25(29)26(30)22-14-24(17-4-6-19(27)7-5-17)28-23-9-8-20(31-2)13-21(22)23/h3-9,13-14,16,18,25-26,30H,1,10-12,15H2,2H3/t16-,18+,25-,26+/m0/s1. The van der Waals surface area contributed by atoms with Gasteiger partial charge in [0.25, 0.3) is 0 Å². The van der Waals surface area contributed by atoms with Gasteiger partial charge in [0, 0.05) is 28.6 Å². The zero-order valence-corrected chi connectivity index (χ0v) is 18.4. The Morgan fingerprint density at radius 1 is 1.23 bits per heavy atom. The van der Waals surface area contributed by atoms with Gasteiger partial charge in [0.2, 0.25) is 0 Å². The molecule has 3 fully saturated rings. The van der Waals surface area contributed by atoms with Gasteiger partial charge in [-0.1, -0.05) is 29.8 Å². The third-order valence-corrected chi connectivity index (χ3v) is 7.28. The molecule has 3 aliphatic rings. The first-order valence-electron chi connectivity index (χ1n) is 10.9. The van der Waals surface area contributed by atoms with Crippen molar-refractivity contribution in [2.45, 2.75) is 25.0 Å². The van der Waals surface area contributed by atoms with Crippen molar-refractivity contribution in [3.63, 3.8) is 0 Å². The maximum atomic E-state index is 11.6. The molecular formula is C26H27ClN2O2. The van der Waals surface area contributed by atoms with Gasteiger partial charge in [0.1, 0.15) is 5.75 Å². The molecule has 1 unspecified atom stereocenters. The van der Waals surface area contributed by atoms with Crippen LogP contribution in [-0.4, -0.2) is 41.2 Å². The monoisotopic (exact) mass is 434 g/mol. The molecule has 5 heteroatoms. The Balaban J connectivity index is 1.60. The number of aromatic nitrogens is 1. The third-order valence-electron chi connectivity index (χ3n) is 7.02. The van der Waals surface area contributed by atoms with Crippen LogP contribution in [0.1, 0.15) is 24.5 Å². The number of methoxy groups -OCH3 is 1. The Morgan fingerprint density at radius 2 is 2.03 bits per heavy atom. The van der Waals surface area contributed by atoms with Crippen LogP contribution in [-0.2, 0) is 0 Å². The van der Waals surface area contributed by atoms with Gasteiger partial charge in [0.05, 0.1) is 24.4 Å². The van der Waals surface area contributed by atoms with Gasteiger partial charge in [0.15, 0.2) is 0 Å². The molecule has 0 radical (unpaired) electrons. The quantitative estimate of drug-likeness (QED) is 0.539. The second-order valence-electron chi connectivity index (χ2n) is 8.68. The Kier molecular flexibility index (Phi) is 5.47. The number of aliphatic hydroxyl groups is 1. The first-order chi connectivity index (χ1) is 15.1. The van der Waals surface area contributed by atoms with Crippen molar-refractivity contribution >= 4 is 22.5 Å². The summed E-state index contributed by atoms with van der Waals surface area (Å²) in [5.74, 6) is 1.89. The molecule has 31 heavy (non-hydrogen) atoms. The third kappa shape index (κ3) is 3.73. The number of rotatable bonds is 5. The molecule has 0 saturated carbocycles. The van der Waals surface area contributed by atoms with Crippen LogP contribution in [0.5, 0.6) is 5.75 Å². The number of aliphatic hydroxyl groups excluding tert-OH is 1. The largest absolute Gasteiger partial charge is 0.497 e. The van der Waals surface area contributed by atoms with Crippen molar-refractivity contribution in [1.82, 2.24) is 9.88 Å². The number of fused-ring (bicyclic) bond motifs is 4. The highest BCUT2D eigenvalue weighted by Gasteiger charge is 2.42. The lowest BCUT2D eigenvalue weighted by Crippen LogP contribution is -2.54. The van der Waals surface area contributed by atoms with Crippen LogP contribution in [0.25, 0.3) is 22.2 Å². The van der Waals surface area contributed by atoms with E-state index in [2.05, 4.69) is 17.6 Å². The summed E-state index contributed by atoms with van der Waals surface area (Å²) < 4.78 is 5.46. The van der Waals surface area contributed by atoms with Gasteiger partial charge < -0.3 is 9.84 Å². The van der Waals surface area contributed by atoms with Crippen molar-refractivity contribution in [1.29, 1.82) is 0 Å². The number of benzene rings is 2. The number of pyridine rings is 1. The van der Waals surface area contributed by atoms with Crippen LogP contribution in [0.4, 0.5) is 0 Å². The van der Waals surface area contributed by atoms with Crippen molar-refractivity contribution < 1.29 is 9.84 Å². The van der Waals surface area contributed by atoms with Crippen LogP contribution in [0.15, 0.2) is 61.2 Å². The number of halogens is 1. The average molecular weight is 435 g/mol. The molecule has 5 atom stereocenters. The van der Waals surface area contributed by atoms with Crippen molar-refractivity contribution in [3.05, 3.63) is 71.8 Å². The second kappa shape index (κ2) is 8.27. The first-order valence-corrected chi connectivity index (χ1v) is 11.2. The number of piperidine rings is 3. The van der Waals surface area contributed by atoms with Gasteiger partial charge >= 0.3 is 0 Å². The Hall–Kier alpha value is -2.40. The van der Waals surface area contributed by atoms with E-state index in [1.165, 1.54) is 6.42 Å². The SMILES string of the molecule is C=C[C@H]1CN2CC[C@@H]1C[C@H]2[C@H](O)c1cc(-c2ccc(Cl)cc2)nc2ccc(OC)cc12. The van der Waals surface area contributed by atoms with E-state index in [0.29, 0.717) is 16.9 Å². The highest BCUT2D eigenvalue weighted by molar-refractivity contribution is 6.30. The van der Waals surface area contributed by atoms with E-state index in [0.717, 1.165) is 53.0 Å². The number of hydrogen-bond acceptors (Lipinski definition) is 4. The second-order valence-corrected chi connectivity index (χ2v) is 9.11. The molecule has 160 valence electrons. The molecule has 1 aromatic heterocycles. The first kappa shape index (κ1) is 20.5. The molecule has 3 aromatic rings. The molecule has 0 aliphatic carbocycles. The highest BCUT2D eigenvalue weighted by Crippen LogP contribution is 2.43. The fourth-order valence-electron chi connectivity index (χ4n) is 5.28. The number of hydrogen-bond donors (Lipinski definition) is 1. The average Bonchev–Trinajstić information content (AvgIpc) is 2.83. The van der Waals surface area contributed by atoms with Crippen molar-refractivity contribution in [3.8, 4) is 17.0 Å². The minimum atomic E-state index is -0.600. The van der Waals surface area contributed by atoms with Crippen LogP contribution in [0.3, 0.4) is 0 Å². The molecule has 2 bridgehead atoms. The smallest absolute Gasteiger partial charge is 0.119 e. The lowest BCUT2D eigenvalue weighted by molar-refractivity contribution is -0.0444. The van der Waals surface area contributed by atoms with E-state index in [9.17, 15) is 5.11 Å². The van der Waals surface area contributed by atoms with Gasteiger partial charge in [-0.3, -0.25) is 4.90 Å². The summed E-state index contributed by atoms with van der Waals surface area (Å²) in [7, 11) is 1.66. The predicted molar refractivity (Wildman–Crippen MR) is 125 cm³/mol. The predicted octanol–water partition coefficient (Wildman–Crippen LogP) is 5.49. The summed E-state index contributed by atoms with van der Waals surface area (Å²) in [5.41, 5.74) is 3.57. The Bertz CT molecular complexity index is 1110. The summed E-state index contributed by atoms with van der Waals surface area (Å²) in [6, 6.07) is 15.7. The lowest BCUT2D eigenvalue weighted by atomic mass is 9.73. The molecule has 3 aliphatic heterocycles. The minimum absolute atomic E-state index is 0.102. The maximum Gasteiger partial charge on any atom is 0.119 e. The van der Waals surface area contributed by atoms with Crippen molar-refractivity contribution in [2.24, 2.45) is 11.8 Å². The molecule has 4 nitrogen and oxygen atoms in total. The molecular weight excluding hydrogens is 408 g/mol. The number of ether oxygens (including phenoxy) is 1. The molecule has 0 spiro atoms. The normalized spacial score (nSPS) is 26.0. The van der Waals surface area contributed by atoms with Gasteiger partial charge in [-0.25, -0.2) is 4.98 Å². The zero-order chi connectivity index (χ0) is 21.5. The summed E-state index contributed by atoms with van der Waals surface area (Å²) in [4.78, 5) is 7.31. The number of nitrogens with zero attached hydrogens (tertiary/aromatic N) is 2. The van der Waals surface area contributed by atoms with E-state index < -0.39 is 6.10 Å². The lowest BCUT2D eigenvalue weighted by Gasteiger charge is -2.50. The molecule has 0 amide bonds.